The lowest BCUT2D eigenvalue weighted by molar-refractivity contribution is 0.601. The minimum atomic E-state index is -0.162. The van der Waals surface area contributed by atoms with E-state index in [1.54, 1.807) is 0 Å². The zero-order chi connectivity index (χ0) is 26.0. The molecule has 1 aliphatic rings. The molecule has 0 bridgehead atoms. The average Bonchev–Trinajstić information content (AvgIpc) is 2.99. The number of nitrogens with zero attached hydrogens (tertiary/aromatic N) is 2. The lowest BCUT2D eigenvalue weighted by Crippen LogP contribution is -2.24. The van der Waals surface area contributed by atoms with Crippen molar-refractivity contribution in [2.45, 2.75) is 18.8 Å². The molecule has 0 spiro atoms. The normalized spacial score (nSPS) is 16.6. The molecule has 0 aromatic heterocycles. The van der Waals surface area contributed by atoms with E-state index >= 15 is 0 Å². The van der Waals surface area contributed by atoms with Crippen molar-refractivity contribution >= 4 is 22.1 Å². The predicted octanol–water partition coefficient (Wildman–Crippen LogP) is 9.32. The summed E-state index contributed by atoms with van der Waals surface area (Å²) in [4.78, 5) is 2.32. The molecule has 0 saturated heterocycles. The Hall–Kier alpha value is -4.87. The number of rotatable bonds is 5. The molecular weight excluding hydrogens is 460 g/mol. The van der Waals surface area contributed by atoms with Crippen LogP contribution in [0.1, 0.15) is 24.5 Å². The van der Waals surface area contributed by atoms with Crippen molar-refractivity contribution in [2.24, 2.45) is 0 Å². The van der Waals surface area contributed by atoms with Gasteiger partial charge in [0.05, 0.1) is 11.6 Å². The van der Waals surface area contributed by atoms with Crippen LogP contribution >= 0.6 is 0 Å². The second-order valence-corrected chi connectivity index (χ2v) is 9.99. The molecule has 0 saturated carbocycles. The van der Waals surface area contributed by atoms with Gasteiger partial charge in [-0.25, -0.2) is 0 Å². The summed E-state index contributed by atoms with van der Waals surface area (Å²) >= 11 is 0. The van der Waals surface area contributed by atoms with E-state index in [0.29, 0.717) is 5.56 Å². The molecule has 2 heteroatoms. The molecular formula is C36H28N2. The van der Waals surface area contributed by atoms with Crippen molar-refractivity contribution in [3.8, 4) is 17.2 Å². The van der Waals surface area contributed by atoms with Crippen LogP contribution in [0.3, 0.4) is 0 Å². The Morgan fingerprint density at radius 1 is 0.711 bits per heavy atom. The molecule has 0 heterocycles. The molecule has 1 atom stereocenters. The summed E-state index contributed by atoms with van der Waals surface area (Å²) in [6.07, 6.45) is 7.89. The second kappa shape index (κ2) is 9.88. The van der Waals surface area contributed by atoms with Crippen LogP contribution in [0.2, 0.25) is 0 Å². The Labute approximate surface area is 224 Å². The quantitative estimate of drug-likeness (QED) is 0.246. The lowest BCUT2D eigenvalue weighted by atomic mass is 9.74. The second-order valence-electron chi connectivity index (χ2n) is 9.99. The molecule has 5 aromatic rings. The molecule has 1 unspecified atom stereocenters. The van der Waals surface area contributed by atoms with Crippen LogP contribution < -0.4 is 4.90 Å². The minimum Gasteiger partial charge on any atom is -0.311 e. The smallest absolute Gasteiger partial charge is 0.0991 e. The van der Waals surface area contributed by atoms with Crippen LogP contribution in [0.25, 0.3) is 21.9 Å². The zero-order valence-corrected chi connectivity index (χ0v) is 21.4. The zero-order valence-electron chi connectivity index (χ0n) is 21.4. The van der Waals surface area contributed by atoms with Gasteiger partial charge in [0.25, 0.3) is 0 Å². The third kappa shape index (κ3) is 4.29. The highest BCUT2D eigenvalue weighted by atomic mass is 15.1. The number of hydrogen-bond donors (Lipinski definition) is 0. The average molecular weight is 489 g/mol. The lowest BCUT2D eigenvalue weighted by Gasteiger charge is -2.34. The Bertz CT molecular complexity index is 1650. The van der Waals surface area contributed by atoms with Gasteiger partial charge in [0, 0.05) is 22.5 Å². The van der Waals surface area contributed by atoms with E-state index in [-0.39, 0.29) is 5.41 Å². The highest BCUT2D eigenvalue weighted by Crippen LogP contribution is 2.43. The monoisotopic (exact) mass is 488 g/mol. The minimum absolute atomic E-state index is 0.162. The summed E-state index contributed by atoms with van der Waals surface area (Å²) in [5, 5.41) is 11.8. The van der Waals surface area contributed by atoms with Crippen LogP contribution in [-0.2, 0) is 5.41 Å². The van der Waals surface area contributed by atoms with Crippen LogP contribution in [-0.4, -0.2) is 0 Å². The number of benzene rings is 5. The Morgan fingerprint density at radius 3 is 1.92 bits per heavy atom. The standard InChI is InChI=1S/C36H28N2/c1-36(24-22-32(23-25-36)38(30-12-4-2-5-13-30)31-14-6-3-7-15-31)34-17-9-11-29-10-8-16-33(35(29)34)28-20-18-27(26-37)19-21-28/h2-24H,25H2,1H3. The first-order valence-electron chi connectivity index (χ1n) is 13.0. The van der Waals surface area contributed by atoms with Gasteiger partial charge in [-0.15, -0.1) is 0 Å². The molecule has 5 aromatic carbocycles. The number of anilines is 2. The Balaban J connectivity index is 1.42. The van der Waals surface area contributed by atoms with Crippen LogP contribution in [0, 0.1) is 11.3 Å². The number of hydrogen-bond acceptors (Lipinski definition) is 2. The van der Waals surface area contributed by atoms with Crippen molar-refractivity contribution in [3.05, 3.63) is 156 Å². The topological polar surface area (TPSA) is 27.0 Å². The highest BCUT2D eigenvalue weighted by Gasteiger charge is 2.29. The summed E-state index contributed by atoms with van der Waals surface area (Å²) in [6.45, 7) is 2.33. The largest absolute Gasteiger partial charge is 0.311 e. The summed E-state index contributed by atoms with van der Waals surface area (Å²) in [7, 11) is 0. The van der Waals surface area contributed by atoms with Crippen LogP contribution in [0.15, 0.2) is 145 Å². The SMILES string of the molecule is CC1(c2cccc3cccc(-c4ccc(C#N)cc4)c23)C=CC(N(c2ccccc2)c2ccccc2)=CC1. The third-order valence-electron chi connectivity index (χ3n) is 7.49. The van der Waals surface area contributed by atoms with Crippen molar-refractivity contribution in [1.82, 2.24) is 0 Å². The van der Waals surface area contributed by atoms with Crippen molar-refractivity contribution in [3.63, 3.8) is 0 Å². The van der Waals surface area contributed by atoms with Gasteiger partial charge >= 0.3 is 0 Å². The molecule has 0 N–H and O–H groups in total. The van der Waals surface area contributed by atoms with Gasteiger partial charge in [0.1, 0.15) is 0 Å². The fourth-order valence-electron chi connectivity index (χ4n) is 5.47. The summed E-state index contributed by atoms with van der Waals surface area (Å²) in [6, 6.07) is 44.3. The van der Waals surface area contributed by atoms with E-state index in [2.05, 4.69) is 145 Å². The number of nitriles is 1. The number of para-hydroxylation sites is 2. The molecule has 0 aliphatic heterocycles. The predicted molar refractivity (Wildman–Crippen MR) is 158 cm³/mol. The number of fused-ring (bicyclic) bond motifs is 1. The maximum Gasteiger partial charge on any atom is 0.0991 e. The molecule has 38 heavy (non-hydrogen) atoms. The van der Waals surface area contributed by atoms with E-state index in [0.717, 1.165) is 23.4 Å². The molecule has 2 nitrogen and oxygen atoms in total. The number of allylic oxidation sites excluding steroid dienone is 3. The Kier molecular flexibility index (Phi) is 6.12. The van der Waals surface area contributed by atoms with E-state index < -0.39 is 0 Å². The maximum absolute atomic E-state index is 9.26. The molecule has 0 radical (unpaired) electrons. The first kappa shape index (κ1) is 23.5. The van der Waals surface area contributed by atoms with Gasteiger partial charge in [0.2, 0.25) is 0 Å². The van der Waals surface area contributed by atoms with Crippen molar-refractivity contribution < 1.29 is 0 Å². The van der Waals surface area contributed by atoms with Crippen LogP contribution in [0.4, 0.5) is 11.4 Å². The van der Waals surface area contributed by atoms with Gasteiger partial charge < -0.3 is 4.90 Å². The first-order valence-corrected chi connectivity index (χ1v) is 13.0. The van der Waals surface area contributed by atoms with Gasteiger partial charge in [-0.1, -0.05) is 104 Å². The van der Waals surface area contributed by atoms with Crippen molar-refractivity contribution in [2.75, 3.05) is 4.90 Å². The fraction of sp³-hybridized carbons (Fsp3) is 0.0833. The summed E-state index contributed by atoms with van der Waals surface area (Å²) in [5.74, 6) is 0. The summed E-state index contributed by atoms with van der Waals surface area (Å²) in [5.41, 5.74) is 7.61. The summed E-state index contributed by atoms with van der Waals surface area (Å²) < 4.78 is 0. The highest BCUT2D eigenvalue weighted by molar-refractivity contribution is 6.00. The van der Waals surface area contributed by atoms with Gasteiger partial charge in [0.15, 0.2) is 0 Å². The first-order chi connectivity index (χ1) is 18.7. The third-order valence-corrected chi connectivity index (χ3v) is 7.49. The maximum atomic E-state index is 9.26. The van der Waals surface area contributed by atoms with E-state index in [9.17, 15) is 5.26 Å². The molecule has 0 fully saturated rings. The van der Waals surface area contributed by atoms with Gasteiger partial charge in [-0.3, -0.25) is 0 Å². The molecule has 182 valence electrons. The van der Waals surface area contributed by atoms with Gasteiger partial charge in [-0.05, 0) is 76.4 Å². The van der Waals surface area contributed by atoms with Gasteiger partial charge in [-0.2, -0.15) is 5.26 Å². The van der Waals surface area contributed by atoms with E-state index in [4.69, 9.17) is 0 Å². The van der Waals surface area contributed by atoms with Crippen LogP contribution in [0.5, 0.6) is 0 Å². The fourth-order valence-corrected chi connectivity index (χ4v) is 5.47. The molecule has 6 rings (SSSR count). The van der Waals surface area contributed by atoms with E-state index in [1.165, 1.54) is 27.6 Å². The Morgan fingerprint density at radius 2 is 1.34 bits per heavy atom. The molecule has 0 amide bonds. The van der Waals surface area contributed by atoms with Crippen molar-refractivity contribution in [1.29, 1.82) is 5.26 Å². The molecule has 1 aliphatic carbocycles. The van der Waals surface area contributed by atoms with E-state index in [1.807, 2.05) is 12.1 Å².